The lowest BCUT2D eigenvalue weighted by Crippen LogP contribution is -1.98. The van der Waals surface area contributed by atoms with Crippen molar-refractivity contribution in [2.24, 2.45) is 0 Å². The Kier molecular flexibility index (Phi) is 3.32. The molecule has 0 unspecified atom stereocenters. The molecule has 0 aliphatic heterocycles. The third-order valence-electron chi connectivity index (χ3n) is 3.07. The summed E-state index contributed by atoms with van der Waals surface area (Å²) in [6, 6.07) is 20.8. The van der Waals surface area contributed by atoms with Gasteiger partial charge >= 0.3 is 0 Å². The van der Waals surface area contributed by atoms with Crippen LogP contribution in [-0.4, -0.2) is 9.97 Å². The molecule has 0 radical (unpaired) electrons. The quantitative estimate of drug-likeness (QED) is 0.776. The van der Waals surface area contributed by atoms with E-state index in [1.807, 2.05) is 42.5 Å². The largest absolute Gasteiger partial charge is 0.384 e. The number of nitriles is 1. The minimum absolute atomic E-state index is 0.404. The van der Waals surface area contributed by atoms with Gasteiger partial charge < -0.3 is 5.73 Å². The highest BCUT2D eigenvalue weighted by Gasteiger charge is 2.07. The number of benzene rings is 2. The first-order valence-electron chi connectivity index (χ1n) is 6.47. The smallest absolute Gasteiger partial charge is 0.162 e. The van der Waals surface area contributed by atoms with Crippen molar-refractivity contribution in [1.29, 1.82) is 5.26 Å². The van der Waals surface area contributed by atoms with Crippen molar-refractivity contribution in [1.82, 2.24) is 9.97 Å². The maximum atomic E-state index is 8.99. The Morgan fingerprint density at radius 3 is 2.38 bits per heavy atom. The van der Waals surface area contributed by atoms with Crippen LogP contribution in [0.3, 0.4) is 0 Å². The topological polar surface area (TPSA) is 75.6 Å². The first kappa shape index (κ1) is 12.8. The van der Waals surface area contributed by atoms with E-state index in [1.165, 1.54) is 0 Å². The van der Waals surface area contributed by atoms with Crippen LogP contribution in [0, 0.1) is 11.3 Å². The van der Waals surface area contributed by atoms with E-state index in [2.05, 4.69) is 16.0 Å². The summed E-state index contributed by atoms with van der Waals surface area (Å²) in [5, 5.41) is 8.99. The molecule has 4 heteroatoms. The molecule has 0 saturated heterocycles. The molecule has 3 aromatic rings. The van der Waals surface area contributed by atoms with E-state index in [0.29, 0.717) is 22.9 Å². The first-order valence-corrected chi connectivity index (χ1v) is 6.47. The molecule has 2 aromatic carbocycles. The summed E-state index contributed by atoms with van der Waals surface area (Å²) in [4.78, 5) is 8.82. The average Bonchev–Trinajstić information content (AvgIpc) is 2.55. The van der Waals surface area contributed by atoms with Gasteiger partial charge in [-0.3, -0.25) is 0 Å². The van der Waals surface area contributed by atoms with Crippen LogP contribution in [0.15, 0.2) is 60.7 Å². The summed E-state index contributed by atoms with van der Waals surface area (Å²) in [7, 11) is 0. The van der Waals surface area contributed by atoms with Crippen LogP contribution in [0.25, 0.3) is 22.6 Å². The Hall–Kier alpha value is -3.19. The summed E-state index contributed by atoms with van der Waals surface area (Å²) >= 11 is 0. The van der Waals surface area contributed by atoms with Crippen LogP contribution in [-0.2, 0) is 0 Å². The number of nitrogens with zero attached hydrogens (tertiary/aromatic N) is 3. The van der Waals surface area contributed by atoms with Crippen molar-refractivity contribution >= 4 is 5.82 Å². The number of hydrogen-bond donors (Lipinski definition) is 1. The summed E-state index contributed by atoms with van der Waals surface area (Å²) in [6.07, 6.45) is 0. The van der Waals surface area contributed by atoms with Crippen molar-refractivity contribution in [2.45, 2.75) is 0 Å². The van der Waals surface area contributed by atoms with Crippen molar-refractivity contribution in [3.63, 3.8) is 0 Å². The molecule has 0 aliphatic carbocycles. The SMILES string of the molecule is N#Cc1cccc(-c2cc(N)nc(-c3ccccc3)n2)c1. The van der Waals surface area contributed by atoms with E-state index in [0.717, 1.165) is 11.1 Å². The Morgan fingerprint density at radius 1 is 0.857 bits per heavy atom. The van der Waals surface area contributed by atoms with Gasteiger partial charge in [0.25, 0.3) is 0 Å². The number of hydrogen-bond acceptors (Lipinski definition) is 4. The monoisotopic (exact) mass is 272 g/mol. The van der Waals surface area contributed by atoms with E-state index < -0.39 is 0 Å². The normalized spacial score (nSPS) is 10.0. The summed E-state index contributed by atoms with van der Waals surface area (Å²) in [5.74, 6) is 0.981. The standard InChI is InChI=1S/C17H12N4/c18-11-12-5-4-8-14(9-12)15-10-16(19)21-17(20-15)13-6-2-1-3-7-13/h1-10H,(H2,19,20,21). The second-order valence-electron chi connectivity index (χ2n) is 4.56. The fourth-order valence-electron chi connectivity index (χ4n) is 2.08. The summed E-state index contributed by atoms with van der Waals surface area (Å²) in [6.45, 7) is 0. The molecule has 100 valence electrons. The fourth-order valence-corrected chi connectivity index (χ4v) is 2.08. The molecule has 0 atom stereocenters. The minimum atomic E-state index is 0.404. The Labute approximate surface area is 122 Å². The fraction of sp³-hybridized carbons (Fsp3) is 0. The van der Waals surface area contributed by atoms with Crippen molar-refractivity contribution in [3.8, 4) is 28.7 Å². The van der Waals surface area contributed by atoms with E-state index in [4.69, 9.17) is 11.0 Å². The highest BCUT2D eigenvalue weighted by atomic mass is 14.9. The Morgan fingerprint density at radius 2 is 1.62 bits per heavy atom. The lowest BCUT2D eigenvalue weighted by Gasteiger charge is -2.06. The van der Waals surface area contributed by atoms with Crippen molar-refractivity contribution in [3.05, 3.63) is 66.2 Å². The molecule has 2 N–H and O–H groups in total. The molecule has 0 spiro atoms. The zero-order valence-corrected chi connectivity index (χ0v) is 11.2. The third kappa shape index (κ3) is 2.72. The Balaban J connectivity index is 2.12. The van der Waals surface area contributed by atoms with Gasteiger partial charge in [-0.15, -0.1) is 0 Å². The molecule has 3 rings (SSSR count). The van der Waals surface area contributed by atoms with Crippen molar-refractivity contribution < 1.29 is 0 Å². The van der Waals surface area contributed by atoms with Gasteiger partial charge in [0, 0.05) is 17.2 Å². The minimum Gasteiger partial charge on any atom is -0.384 e. The number of anilines is 1. The maximum Gasteiger partial charge on any atom is 0.162 e. The van der Waals surface area contributed by atoms with Gasteiger partial charge in [0.1, 0.15) is 5.82 Å². The number of rotatable bonds is 2. The number of aromatic nitrogens is 2. The lowest BCUT2D eigenvalue weighted by molar-refractivity contribution is 1.19. The van der Waals surface area contributed by atoms with Crippen LogP contribution in [0.2, 0.25) is 0 Å². The van der Waals surface area contributed by atoms with Crippen LogP contribution < -0.4 is 5.73 Å². The molecular formula is C17H12N4. The maximum absolute atomic E-state index is 8.99. The van der Waals surface area contributed by atoms with Gasteiger partial charge in [-0.05, 0) is 12.1 Å². The van der Waals surface area contributed by atoms with Gasteiger partial charge in [0.05, 0.1) is 17.3 Å². The van der Waals surface area contributed by atoms with E-state index in [9.17, 15) is 0 Å². The van der Waals surface area contributed by atoms with Crippen LogP contribution in [0.1, 0.15) is 5.56 Å². The lowest BCUT2D eigenvalue weighted by atomic mass is 10.1. The predicted molar refractivity (Wildman–Crippen MR) is 82.0 cm³/mol. The number of nitrogens with two attached hydrogens (primary N) is 1. The molecular weight excluding hydrogens is 260 g/mol. The average molecular weight is 272 g/mol. The molecule has 21 heavy (non-hydrogen) atoms. The van der Waals surface area contributed by atoms with E-state index in [1.54, 1.807) is 18.2 Å². The summed E-state index contributed by atoms with van der Waals surface area (Å²) in [5.41, 5.74) is 8.94. The predicted octanol–water partition coefficient (Wildman–Crippen LogP) is 3.26. The second kappa shape index (κ2) is 5.43. The van der Waals surface area contributed by atoms with Crippen LogP contribution in [0.4, 0.5) is 5.82 Å². The van der Waals surface area contributed by atoms with Gasteiger partial charge in [-0.25, -0.2) is 9.97 Å². The molecule has 0 fully saturated rings. The molecule has 0 aliphatic rings. The number of nitrogen functional groups attached to an aromatic ring is 1. The Bertz CT molecular complexity index is 820. The zero-order valence-electron chi connectivity index (χ0n) is 11.2. The first-order chi connectivity index (χ1) is 10.3. The van der Waals surface area contributed by atoms with E-state index >= 15 is 0 Å². The molecule has 1 aromatic heterocycles. The molecule has 1 heterocycles. The van der Waals surface area contributed by atoms with Gasteiger partial charge in [-0.1, -0.05) is 42.5 Å². The molecule has 0 bridgehead atoms. The van der Waals surface area contributed by atoms with Crippen LogP contribution >= 0.6 is 0 Å². The van der Waals surface area contributed by atoms with Gasteiger partial charge in [-0.2, -0.15) is 5.26 Å². The molecule has 0 amide bonds. The molecule has 0 saturated carbocycles. The highest BCUT2D eigenvalue weighted by Crippen LogP contribution is 2.23. The van der Waals surface area contributed by atoms with E-state index in [-0.39, 0.29) is 0 Å². The molecule has 4 nitrogen and oxygen atoms in total. The third-order valence-corrected chi connectivity index (χ3v) is 3.07. The van der Waals surface area contributed by atoms with Crippen molar-refractivity contribution in [2.75, 3.05) is 5.73 Å². The highest BCUT2D eigenvalue weighted by molar-refractivity contribution is 5.67. The van der Waals surface area contributed by atoms with Gasteiger partial charge in [0.2, 0.25) is 0 Å². The zero-order chi connectivity index (χ0) is 14.7. The van der Waals surface area contributed by atoms with Crippen LogP contribution in [0.5, 0.6) is 0 Å². The summed E-state index contributed by atoms with van der Waals surface area (Å²) < 4.78 is 0. The second-order valence-corrected chi connectivity index (χ2v) is 4.56. The van der Waals surface area contributed by atoms with Gasteiger partial charge in [0.15, 0.2) is 5.82 Å².